The number of primary sulfonamides is 1. The van der Waals surface area contributed by atoms with Gasteiger partial charge in [0.1, 0.15) is 5.75 Å². The van der Waals surface area contributed by atoms with Crippen LogP contribution in [0.3, 0.4) is 0 Å². The van der Waals surface area contributed by atoms with Crippen LogP contribution in [0.25, 0.3) is 10.8 Å². The van der Waals surface area contributed by atoms with E-state index in [-0.39, 0.29) is 33.5 Å². The van der Waals surface area contributed by atoms with E-state index in [1.54, 1.807) is 0 Å². The molecule has 9 nitrogen and oxygen atoms in total. The summed E-state index contributed by atoms with van der Waals surface area (Å²) >= 11 is 5.21. The number of hydrogen-bond acceptors (Lipinski definition) is 6. The Morgan fingerprint density at radius 2 is 1.73 bits per heavy atom. The van der Waals surface area contributed by atoms with Crippen LogP contribution in [0.1, 0.15) is 11.1 Å². The molecule has 0 aliphatic carbocycles. The molecular formula is C27H20F3N5O4S2. The molecule has 0 bridgehead atoms. The van der Waals surface area contributed by atoms with Crippen molar-refractivity contribution in [2.24, 2.45) is 10.2 Å². The highest BCUT2D eigenvalue weighted by atomic mass is 32.2. The Balaban J connectivity index is 1.43. The number of anilines is 2. The predicted molar refractivity (Wildman–Crippen MR) is 152 cm³/mol. The zero-order chi connectivity index (χ0) is 29.4. The Hall–Kier alpha value is -4.53. The number of hydrazone groups is 1. The maximum absolute atomic E-state index is 13.5. The minimum absolute atomic E-state index is 0.101. The molecule has 4 N–H and O–H groups in total. The van der Waals surface area contributed by atoms with Crippen LogP contribution >= 0.6 is 12.2 Å². The van der Waals surface area contributed by atoms with E-state index in [4.69, 9.17) is 17.4 Å². The number of thiocarbonyl (C=S) groups is 1. The lowest BCUT2D eigenvalue weighted by Gasteiger charge is -2.18. The van der Waals surface area contributed by atoms with E-state index in [2.05, 4.69) is 20.6 Å². The highest BCUT2D eigenvalue weighted by Gasteiger charge is 2.37. The molecule has 1 aliphatic rings. The average molecular weight is 600 g/mol. The first kappa shape index (κ1) is 28.0. The number of carbonyl (C=O) groups excluding carboxylic acids is 1. The third-order valence-corrected chi connectivity index (χ3v) is 7.14. The summed E-state index contributed by atoms with van der Waals surface area (Å²) in [6, 6.07) is 22.5. The molecule has 14 heteroatoms. The number of carbonyl (C=O) groups is 1. The van der Waals surface area contributed by atoms with E-state index in [9.17, 15) is 26.4 Å². The molecule has 5 rings (SSSR count). The zero-order valence-electron chi connectivity index (χ0n) is 20.8. The van der Waals surface area contributed by atoms with E-state index >= 15 is 0 Å². The van der Waals surface area contributed by atoms with Crippen LogP contribution in [-0.4, -0.2) is 31.5 Å². The lowest BCUT2D eigenvalue weighted by molar-refractivity contribution is -0.274. The van der Waals surface area contributed by atoms with Crippen LogP contribution in [0.4, 0.5) is 24.5 Å². The van der Waals surface area contributed by atoms with Gasteiger partial charge in [-0.05, 0) is 71.0 Å². The summed E-state index contributed by atoms with van der Waals surface area (Å²) in [7, 11) is -3.96. The number of benzene rings is 4. The van der Waals surface area contributed by atoms with Crippen LogP contribution in [0, 0.1) is 0 Å². The van der Waals surface area contributed by atoms with E-state index in [0.717, 1.165) is 28.5 Å². The van der Waals surface area contributed by atoms with Crippen LogP contribution in [0.5, 0.6) is 5.75 Å². The summed E-state index contributed by atoms with van der Waals surface area (Å²) in [4.78, 5) is 14.7. The molecule has 210 valence electrons. The summed E-state index contributed by atoms with van der Waals surface area (Å²) in [5.41, 5.74) is 3.79. The molecule has 0 aromatic heterocycles. The standard InChI is InChI=1S/C27H20F3N5O4S2/c28-27(29,30)39-20-10-11-23-22(14-20)24(33-34-26(40)32-19-6-3-7-21(13-19)41(31,37)38)25(36)35(23)15-16-8-9-17-4-1-2-5-18(17)12-16/h1-14H,15H2,(H2,31,37,38)(H2,32,34,40). The molecular weight excluding hydrogens is 579 g/mol. The van der Waals surface area contributed by atoms with Crippen LogP contribution in [-0.2, 0) is 21.4 Å². The number of rotatable bonds is 6. The van der Waals surface area contributed by atoms with Gasteiger partial charge in [-0.2, -0.15) is 5.10 Å². The highest BCUT2D eigenvalue weighted by Crippen LogP contribution is 2.35. The molecule has 1 amide bonds. The number of nitrogens with two attached hydrogens (primary N) is 1. The first-order valence-corrected chi connectivity index (χ1v) is 13.8. The number of nitrogens with zero attached hydrogens (tertiary/aromatic N) is 2. The number of alkyl halides is 3. The second-order valence-electron chi connectivity index (χ2n) is 8.90. The summed E-state index contributed by atoms with van der Waals surface area (Å²) in [5, 5.41) is 13.8. The van der Waals surface area contributed by atoms with Crippen molar-refractivity contribution in [2.75, 3.05) is 10.2 Å². The SMILES string of the molecule is NS(=O)(=O)c1cccc(NC(=S)NN=C2C(=O)N(Cc3ccc4ccccc4c3)c3ccc(OC(F)(F)F)cc32)c1. The monoisotopic (exact) mass is 599 g/mol. The van der Waals surface area contributed by atoms with Crippen LogP contribution < -0.4 is 25.5 Å². The summed E-state index contributed by atoms with van der Waals surface area (Å²) in [6.45, 7) is 0.123. The van der Waals surface area contributed by atoms with Gasteiger partial charge in [0, 0.05) is 11.3 Å². The number of hydrogen-bond donors (Lipinski definition) is 3. The topological polar surface area (TPSA) is 126 Å². The quantitative estimate of drug-likeness (QED) is 0.218. The molecule has 0 radical (unpaired) electrons. The van der Waals surface area contributed by atoms with Gasteiger partial charge < -0.3 is 15.0 Å². The fraction of sp³-hybridized carbons (Fsp3) is 0.0741. The molecule has 0 unspecified atom stereocenters. The van der Waals surface area contributed by atoms with E-state index < -0.39 is 28.0 Å². The molecule has 41 heavy (non-hydrogen) atoms. The van der Waals surface area contributed by atoms with Crippen molar-refractivity contribution in [3.63, 3.8) is 0 Å². The highest BCUT2D eigenvalue weighted by molar-refractivity contribution is 7.89. The molecule has 1 aliphatic heterocycles. The zero-order valence-corrected chi connectivity index (χ0v) is 22.5. The van der Waals surface area contributed by atoms with Crippen molar-refractivity contribution in [3.8, 4) is 5.75 Å². The number of ether oxygens (including phenoxy) is 1. The number of nitrogens with one attached hydrogen (secondary N) is 2. The van der Waals surface area contributed by atoms with E-state index in [1.807, 2.05) is 42.5 Å². The first-order chi connectivity index (χ1) is 19.4. The Bertz CT molecular complexity index is 1830. The Morgan fingerprint density at radius 1 is 0.976 bits per heavy atom. The van der Waals surface area contributed by atoms with Gasteiger partial charge in [0.05, 0.1) is 17.1 Å². The molecule has 1 heterocycles. The van der Waals surface area contributed by atoms with Crippen molar-refractivity contribution < 1.29 is 31.1 Å². The smallest absolute Gasteiger partial charge is 0.406 e. The number of halogens is 3. The molecule has 4 aromatic carbocycles. The van der Waals surface area contributed by atoms with Crippen molar-refractivity contribution in [1.82, 2.24) is 5.43 Å². The summed E-state index contributed by atoms with van der Waals surface area (Å²) in [5.74, 6) is -1.10. The van der Waals surface area contributed by atoms with Crippen molar-refractivity contribution in [2.45, 2.75) is 17.8 Å². The van der Waals surface area contributed by atoms with Gasteiger partial charge in [-0.25, -0.2) is 13.6 Å². The van der Waals surface area contributed by atoms with Gasteiger partial charge in [-0.1, -0.05) is 42.5 Å². The van der Waals surface area contributed by atoms with Crippen LogP contribution in [0.15, 0.2) is 94.9 Å². The number of fused-ring (bicyclic) bond motifs is 2. The minimum atomic E-state index is -4.94. The fourth-order valence-corrected chi connectivity index (χ4v) is 5.01. The molecule has 0 atom stereocenters. The minimum Gasteiger partial charge on any atom is -0.406 e. The van der Waals surface area contributed by atoms with Gasteiger partial charge in [-0.15, -0.1) is 13.2 Å². The van der Waals surface area contributed by atoms with Crippen molar-refractivity contribution in [3.05, 3.63) is 96.1 Å². The van der Waals surface area contributed by atoms with Gasteiger partial charge in [0.25, 0.3) is 5.91 Å². The molecule has 4 aromatic rings. The average Bonchev–Trinajstić information content (AvgIpc) is 3.15. The summed E-state index contributed by atoms with van der Waals surface area (Å²) < 4.78 is 66.0. The van der Waals surface area contributed by atoms with Gasteiger partial charge in [-0.3, -0.25) is 10.2 Å². The Kier molecular flexibility index (Phi) is 7.38. The maximum Gasteiger partial charge on any atom is 0.573 e. The largest absolute Gasteiger partial charge is 0.573 e. The number of amides is 1. The van der Waals surface area contributed by atoms with Crippen molar-refractivity contribution in [1.29, 1.82) is 0 Å². The molecule has 0 fully saturated rings. The van der Waals surface area contributed by atoms with Gasteiger partial charge in [0.2, 0.25) is 10.0 Å². The van der Waals surface area contributed by atoms with E-state index in [1.165, 1.54) is 35.2 Å². The molecule has 0 saturated carbocycles. The lowest BCUT2D eigenvalue weighted by atomic mass is 10.1. The molecule has 0 spiro atoms. The second kappa shape index (κ2) is 10.8. The van der Waals surface area contributed by atoms with Crippen molar-refractivity contribution >= 4 is 61.1 Å². The third-order valence-electron chi connectivity index (χ3n) is 6.04. The normalized spacial score (nSPS) is 14.3. The lowest BCUT2D eigenvalue weighted by Crippen LogP contribution is -2.32. The first-order valence-electron chi connectivity index (χ1n) is 11.8. The molecule has 0 saturated heterocycles. The summed E-state index contributed by atoms with van der Waals surface area (Å²) in [6.07, 6.45) is -4.94. The maximum atomic E-state index is 13.5. The Morgan fingerprint density at radius 3 is 2.46 bits per heavy atom. The van der Waals surface area contributed by atoms with Gasteiger partial charge in [0.15, 0.2) is 10.8 Å². The number of sulfonamides is 1. The van der Waals surface area contributed by atoms with Gasteiger partial charge >= 0.3 is 6.36 Å². The third kappa shape index (κ3) is 6.45. The van der Waals surface area contributed by atoms with Crippen LogP contribution in [0.2, 0.25) is 0 Å². The van der Waals surface area contributed by atoms with E-state index in [0.29, 0.717) is 5.69 Å². The fourth-order valence-electron chi connectivity index (χ4n) is 4.29. The predicted octanol–water partition coefficient (Wildman–Crippen LogP) is 4.62. The second-order valence-corrected chi connectivity index (χ2v) is 10.9. The Labute approximate surface area is 237 Å².